The molecule has 0 bridgehead atoms. The van der Waals surface area contributed by atoms with Crippen LogP contribution in [0.5, 0.6) is 5.75 Å². The van der Waals surface area contributed by atoms with Crippen molar-refractivity contribution in [1.29, 1.82) is 0 Å². The van der Waals surface area contributed by atoms with E-state index in [9.17, 15) is 4.79 Å². The van der Waals surface area contributed by atoms with Crippen molar-refractivity contribution in [3.8, 4) is 5.75 Å². The van der Waals surface area contributed by atoms with Crippen LogP contribution >= 0.6 is 0 Å². The predicted molar refractivity (Wildman–Crippen MR) is 71.0 cm³/mol. The van der Waals surface area contributed by atoms with Gasteiger partial charge >= 0.3 is 5.97 Å². The zero-order valence-electron chi connectivity index (χ0n) is 10.6. The molecule has 1 heterocycles. The van der Waals surface area contributed by atoms with Gasteiger partial charge in [0.1, 0.15) is 5.75 Å². The Morgan fingerprint density at radius 2 is 2.11 bits per heavy atom. The summed E-state index contributed by atoms with van der Waals surface area (Å²) in [6, 6.07) is 3.86. The SMILES string of the molecule is COc1cc(C)c2[nH]c(C)c(/C=C/C(=O)O)c2c1. The van der Waals surface area contributed by atoms with Crippen LogP contribution in [0, 0.1) is 13.8 Å². The number of nitrogens with one attached hydrogen (secondary N) is 1. The molecule has 0 spiro atoms. The Morgan fingerprint density at radius 3 is 2.72 bits per heavy atom. The van der Waals surface area contributed by atoms with Gasteiger partial charge in [0.15, 0.2) is 0 Å². The minimum Gasteiger partial charge on any atom is -0.497 e. The Hall–Kier alpha value is -2.23. The second-order valence-corrected chi connectivity index (χ2v) is 4.20. The molecule has 0 radical (unpaired) electrons. The maximum absolute atomic E-state index is 10.6. The molecule has 0 saturated carbocycles. The van der Waals surface area contributed by atoms with E-state index in [1.54, 1.807) is 13.2 Å². The zero-order valence-corrected chi connectivity index (χ0v) is 10.6. The molecule has 4 nitrogen and oxygen atoms in total. The standard InChI is InChI=1S/C14H15NO3/c1-8-6-10(18-3)7-12-11(4-5-13(16)17)9(2)15-14(8)12/h4-7,15H,1-3H3,(H,16,17)/b5-4+. The molecule has 0 amide bonds. The number of carbonyl (C=O) groups is 1. The van der Waals surface area contributed by atoms with E-state index in [-0.39, 0.29) is 0 Å². The second-order valence-electron chi connectivity index (χ2n) is 4.20. The van der Waals surface area contributed by atoms with Crippen molar-refractivity contribution in [1.82, 2.24) is 4.98 Å². The number of hydrogen-bond donors (Lipinski definition) is 2. The summed E-state index contributed by atoms with van der Waals surface area (Å²) in [6.07, 6.45) is 2.75. The van der Waals surface area contributed by atoms with Gasteiger partial charge in [0.05, 0.1) is 7.11 Å². The van der Waals surface area contributed by atoms with Crippen LogP contribution in [0.2, 0.25) is 0 Å². The Kier molecular flexibility index (Phi) is 3.10. The lowest BCUT2D eigenvalue weighted by atomic mass is 10.1. The molecule has 2 rings (SSSR count). The van der Waals surface area contributed by atoms with Crippen molar-refractivity contribution in [3.63, 3.8) is 0 Å². The summed E-state index contributed by atoms with van der Waals surface area (Å²) in [4.78, 5) is 13.9. The molecule has 2 aromatic rings. The Labute approximate surface area is 105 Å². The van der Waals surface area contributed by atoms with Crippen molar-refractivity contribution >= 4 is 22.9 Å². The van der Waals surface area contributed by atoms with Gasteiger partial charge in [-0.1, -0.05) is 0 Å². The van der Waals surface area contributed by atoms with E-state index in [2.05, 4.69) is 4.98 Å². The molecule has 1 aromatic carbocycles. The molecule has 1 aromatic heterocycles. The Bertz CT molecular complexity index is 638. The van der Waals surface area contributed by atoms with Gasteiger partial charge in [0.2, 0.25) is 0 Å². The van der Waals surface area contributed by atoms with Gasteiger partial charge in [0.25, 0.3) is 0 Å². The van der Waals surface area contributed by atoms with Gasteiger partial charge in [-0.15, -0.1) is 0 Å². The second kappa shape index (κ2) is 4.56. The smallest absolute Gasteiger partial charge is 0.328 e. The van der Waals surface area contributed by atoms with Crippen LogP contribution in [0.25, 0.3) is 17.0 Å². The third-order valence-corrected chi connectivity index (χ3v) is 2.94. The number of aryl methyl sites for hydroxylation is 2. The van der Waals surface area contributed by atoms with E-state index in [1.165, 1.54) is 0 Å². The molecular formula is C14H15NO3. The molecule has 0 unspecified atom stereocenters. The fraction of sp³-hybridized carbons (Fsp3) is 0.214. The van der Waals surface area contributed by atoms with Gasteiger partial charge in [-0.25, -0.2) is 4.79 Å². The fourth-order valence-electron chi connectivity index (χ4n) is 2.08. The number of hydrogen-bond acceptors (Lipinski definition) is 2. The molecule has 0 fully saturated rings. The normalized spacial score (nSPS) is 11.3. The van der Waals surface area contributed by atoms with Crippen LogP contribution < -0.4 is 4.74 Å². The molecule has 94 valence electrons. The number of carboxylic acid groups (broad SMARTS) is 1. The van der Waals surface area contributed by atoms with Gasteiger partial charge in [-0.3, -0.25) is 0 Å². The average Bonchev–Trinajstić information content (AvgIpc) is 2.63. The lowest BCUT2D eigenvalue weighted by Gasteiger charge is -2.03. The summed E-state index contributed by atoms with van der Waals surface area (Å²) >= 11 is 0. The van der Waals surface area contributed by atoms with Crippen molar-refractivity contribution in [2.75, 3.05) is 7.11 Å². The molecule has 4 heteroatoms. The van der Waals surface area contributed by atoms with Crippen molar-refractivity contribution < 1.29 is 14.6 Å². The molecule has 2 N–H and O–H groups in total. The van der Waals surface area contributed by atoms with Crippen molar-refractivity contribution in [3.05, 3.63) is 35.0 Å². The fourth-order valence-corrected chi connectivity index (χ4v) is 2.08. The molecule has 0 saturated heterocycles. The molecule has 0 aliphatic rings. The van der Waals surface area contributed by atoms with Crippen LogP contribution in [-0.4, -0.2) is 23.2 Å². The molecule has 18 heavy (non-hydrogen) atoms. The number of aromatic nitrogens is 1. The van der Waals surface area contributed by atoms with E-state index >= 15 is 0 Å². The van der Waals surface area contributed by atoms with Gasteiger partial charge in [0, 0.05) is 28.2 Å². The summed E-state index contributed by atoms with van der Waals surface area (Å²) in [7, 11) is 1.62. The molecule has 0 aliphatic carbocycles. The van der Waals surface area contributed by atoms with E-state index in [0.717, 1.165) is 39.5 Å². The first-order valence-corrected chi connectivity index (χ1v) is 5.61. The van der Waals surface area contributed by atoms with Crippen LogP contribution in [0.15, 0.2) is 18.2 Å². The summed E-state index contributed by atoms with van der Waals surface area (Å²) in [5.41, 5.74) is 3.91. The quantitative estimate of drug-likeness (QED) is 0.817. The van der Waals surface area contributed by atoms with Gasteiger partial charge in [-0.05, 0) is 37.6 Å². The highest BCUT2D eigenvalue weighted by atomic mass is 16.5. The van der Waals surface area contributed by atoms with Gasteiger partial charge < -0.3 is 14.8 Å². The Balaban J connectivity index is 2.68. The van der Waals surface area contributed by atoms with Gasteiger partial charge in [-0.2, -0.15) is 0 Å². The maximum Gasteiger partial charge on any atom is 0.328 e. The summed E-state index contributed by atoms with van der Waals surface area (Å²) < 4.78 is 5.24. The molecule has 0 aliphatic heterocycles. The highest BCUT2D eigenvalue weighted by molar-refractivity contribution is 5.96. The Morgan fingerprint density at radius 1 is 1.39 bits per heavy atom. The predicted octanol–water partition coefficient (Wildman–Crippen LogP) is 2.89. The first kappa shape index (κ1) is 12.2. The third kappa shape index (κ3) is 2.09. The topological polar surface area (TPSA) is 62.3 Å². The van der Waals surface area contributed by atoms with E-state index in [0.29, 0.717) is 0 Å². The summed E-state index contributed by atoms with van der Waals surface area (Å²) in [6.45, 7) is 3.92. The minimum absolute atomic E-state index is 0.768. The highest BCUT2D eigenvalue weighted by Gasteiger charge is 2.10. The number of ether oxygens (including phenoxy) is 1. The van der Waals surface area contributed by atoms with Crippen LogP contribution in [-0.2, 0) is 4.79 Å². The van der Waals surface area contributed by atoms with E-state index in [1.807, 2.05) is 26.0 Å². The lowest BCUT2D eigenvalue weighted by Crippen LogP contribution is -1.87. The summed E-state index contributed by atoms with van der Waals surface area (Å²) in [5.74, 6) is -0.188. The number of H-pyrrole nitrogens is 1. The number of fused-ring (bicyclic) bond motifs is 1. The van der Waals surface area contributed by atoms with E-state index in [4.69, 9.17) is 9.84 Å². The number of methoxy groups -OCH3 is 1. The molecular weight excluding hydrogens is 230 g/mol. The number of benzene rings is 1. The van der Waals surface area contributed by atoms with E-state index < -0.39 is 5.97 Å². The monoisotopic (exact) mass is 245 g/mol. The summed E-state index contributed by atoms with van der Waals surface area (Å²) in [5, 5.41) is 9.68. The minimum atomic E-state index is -0.955. The maximum atomic E-state index is 10.6. The first-order chi connectivity index (χ1) is 8.52. The highest BCUT2D eigenvalue weighted by Crippen LogP contribution is 2.30. The average molecular weight is 245 g/mol. The number of rotatable bonds is 3. The zero-order chi connectivity index (χ0) is 13.3. The van der Waals surface area contributed by atoms with Crippen LogP contribution in [0.3, 0.4) is 0 Å². The van der Waals surface area contributed by atoms with Crippen LogP contribution in [0.1, 0.15) is 16.8 Å². The first-order valence-electron chi connectivity index (χ1n) is 5.61. The number of aliphatic carboxylic acids is 1. The largest absolute Gasteiger partial charge is 0.497 e. The lowest BCUT2D eigenvalue weighted by molar-refractivity contribution is -0.131. The van der Waals surface area contributed by atoms with Crippen molar-refractivity contribution in [2.45, 2.75) is 13.8 Å². The number of aromatic amines is 1. The number of carboxylic acids is 1. The van der Waals surface area contributed by atoms with Crippen molar-refractivity contribution in [2.24, 2.45) is 0 Å². The van der Waals surface area contributed by atoms with Crippen LogP contribution in [0.4, 0.5) is 0 Å². The molecule has 0 atom stereocenters. The third-order valence-electron chi connectivity index (χ3n) is 2.94.